The zero-order valence-electron chi connectivity index (χ0n) is 13.4. The Balaban J connectivity index is 1.83. The van der Waals surface area contributed by atoms with Gasteiger partial charge in [0.2, 0.25) is 10.0 Å². The second kappa shape index (κ2) is 5.71. The minimum Gasteiger partial charge on any atom is -0.306 e. The van der Waals surface area contributed by atoms with Crippen molar-refractivity contribution in [2.75, 3.05) is 23.0 Å². The van der Waals surface area contributed by atoms with E-state index in [1.54, 1.807) is 0 Å². The van der Waals surface area contributed by atoms with E-state index in [-0.39, 0.29) is 27.9 Å². The van der Waals surface area contributed by atoms with Crippen molar-refractivity contribution in [1.82, 2.24) is 9.62 Å². The Morgan fingerprint density at radius 3 is 1.81 bits per heavy atom. The molecule has 1 aromatic rings. The van der Waals surface area contributed by atoms with Gasteiger partial charge in [0.1, 0.15) is 5.82 Å². The quantitative estimate of drug-likeness (QED) is 0.630. The molecule has 0 radical (unpaired) electrons. The van der Waals surface area contributed by atoms with Crippen LogP contribution >= 0.6 is 0 Å². The molecule has 0 saturated carbocycles. The number of rotatable bonds is 2. The monoisotopic (exact) mass is 424 g/mol. The molecule has 3 fully saturated rings. The summed E-state index contributed by atoms with van der Waals surface area (Å²) in [6.07, 6.45) is 0. The maximum absolute atomic E-state index is 13.2. The van der Waals surface area contributed by atoms with Gasteiger partial charge in [-0.1, -0.05) is 0 Å². The number of piperazine rings is 1. The van der Waals surface area contributed by atoms with Crippen LogP contribution in [0.3, 0.4) is 0 Å². The molecule has 1 N–H and O–H groups in total. The number of hydrogen-bond donors (Lipinski definition) is 1. The number of hydrogen-bond acceptors (Lipinski definition) is 7. The van der Waals surface area contributed by atoms with E-state index in [0.717, 1.165) is 28.6 Å². The maximum Gasteiger partial charge on any atom is 0.243 e. The summed E-state index contributed by atoms with van der Waals surface area (Å²) in [4.78, 5) is -0.188. The molecule has 4 rings (SSSR count). The highest BCUT2D eigenvalue weighted by atomic mass is 32.2. The van der Waals surface area contributed by atoms with Crippen molar-refractivity contribution >= 4 is 29.7 Å². The molecule has 0 bridgehead atoms. The van der Waals surface area contributed by atoms with Crippen LogP contribution in [0.1, 0.15) is 0 Å². The maximum atomic E-state index is 13.2. The van der Waals surface area contributed by atoms with Gasteiger partial charge in [-0.15, -0.1) is 0 Å². The van der Waals surface area contributed by atoms with Gasteiger partial charge in [-0.2, -0.15) is 4.31 Å². The molecule has 144 valence electrons. The fourth-order valence-electron chi connectivity index (χ4n) is 4.08. The molecule has 3 saturated heterocycles. The van der Waals surface area contributed by atoms with Crippen LogP contribution in [0.4, 0.5) is 4.39 Å². The standard InChI is InChI=1S/C14H17FN2O6S3/c15-9-1-3-10(4-2-9)26(22,23)17-13-7-24(18,19)5-11(13)16-12-6-25(20,21)8-14(12)17/h1-4,11-14,16H,5-8H2/t11-,12+,13-,14-/m1/s1. The molecule has 3 aliphatic heterocycles. The molecule has 3 aliphatic rings. The summed E-state index contributed by atoms with van der Waals surface area (Å²) < 4.78 is 88.9. The first-order chi connectivity index (χ1) is 12.0. The van der Waals surface area contributed by atoms with Gasteiger partial charge in [-0.05, 0) is 24.3 Å². The minimum atomic E-state index is -4.19. The van der Waals surface area contributed by atoms with E-state index in [1.165, 1.54) is 0 Å². The molecule has 0 unspecified atom stereocenters. The second-order valence-electron chi connectivity index (χ2n) is 6.96. The van der Waals surface area contributed by atoms with E-state index in [0.29, 0.717) is 0 Å². The summed E-state index contributed by atoms with van der Waals surface area (Å²) in [7, 11) is -11.1. The van der Waals surface area contributed by atoms with Gasteiger partial charge in [0.25, 0.3) is 0 Å². The average Bonchev–Trinajstić information content (AvgIpc) is 2.96. The van der Waals surface area contributed by atoms with Gasteiger partial charge in [0.15, 0.2) is 19.7 Å². The summed E-state index contributed by atoms with van der Waals surface area (Å²) in [5.74, 6) is -1.82. The third-order valence-electron chi connectivity index (χ3n) is 5.12. The Hall–Kier alpha value is -1.08. The Morgan fingerprint density at radius 1 is 0.885 bits per heavy atom. The first-order valence-electron chi connectivity index (χ1n) is 7.95. The fourth-order valence-corrected chi connectivity index (χ4v) is 9.98. The smallest absolute Gasteiger partial charge is 0.243 e. The molecule has 0 aliphatic carbocycles. The van der Waals surface area contributed by atoms with Gasteiger partial charge < -0.3 is 5.32 Å². The lowest BCUT2D eigenvalue weighted by atomic mass is 10.0. The van der Waals surface area contributed by atoms with Crippen LogP contribution in [0, 0.1) is 5.82 Å². The molecule has 0 aromatic heterocycles. The van der Waals surface area contributed by atoms with Crippen LogP contribution in [0.5, 0.6) is 0 Å². The normalized spacial score (nSPS) is 35.7. The third kappa shape index (κ3) is 2.97. The van der Waals surface area contributed by atoms with E-state index >= 15 is 0 Å². The highest BCUT2D eigenvalue weighted by Gasteiger charge is 2.57. The average molecular weight is 424 g/mol. The van der Waals surface area contributed by atoms with Crippen LogP contribution in [0.15, 0.2) is 29.2 Å². The van der Waals surface area contributed by atoms with E-state index in [2.05, 4.69) is 5.32 Å². The molecule has 8 nitrogen and oxygen atoms in total. The lowest BCUT2D eigenvalue weighted by molar-refractivity contribution is 0.160. The van der Waals surface area contributed by atoms with Gasteiger partial charge >= 0.3 is 0 Å². The number of nitrogens with one attached hydrogen (secondary N) is 1. The number of fused-ring (bicyclic) bond motifs is 2. The van der Waals surface area contributed by atoms with Gasteiger partial charge in [0.05, 0.1) is 40.0 Å². The van der Waals surface area contributed by atoms with Gasteiger partial charge in [-0.25, -0.2) is 29.6 Å². The Morgan fingerprint density at radius 2 is 1.35 bits per heavy atom. The molecule has 4 atom stereocenters. The second-order valence-corrected chi connectivity index (χ2v) is 13.1. The number of sulfone groups is 2. The number of halogens is 1. The summed E-state index contributed by atoms with van der Waals surface area (Å²) in [5.41, 5.74) is 0. The summed E-state index contributed by atoms with van der Waals surface area (Å²) >= 11 is 0. The third-order valence-corrected chi connectivity index (χ3v) is 10.5. The van der Waals surface area contributed by atoms with Crippen LogP contribution in [0.25, 0.3) is 0 Å². The Labute approximate surface area is 151 Å². The van der Waals surface area contributed by atoms with E-state index < -0.39 is 59.7 Å². The predicted octanol–water partition coefficient (Wildman–Crippen LogP) is -1.25. The molecular formula is C14H17FN2O6S3. The van der Waals surface area contributed by atoms with E-state index in [9.17, 15) is 29.6 Å². The van der Waals surface area contributed by atoms with Crippen molar-refractivity contribution in [2.45, 2.75) is 29.1 Å². The van der Waals surface area contributed by atoms with Gasteiger partial charge in [0, 0.05) is 12.1 Å². The zero-order valence-corrected chi connectivity index (χ0v) is 15.9. The SMILES string of the molecule is O=S1(=O)C[C@@H]2N[C@@H]3CS(=O)(=O)C[C@H]3N(S(=O)(=O)c3ccc(F)cc3)[C@@H]2C1. The molecular weight excluding hydrogens is 407 g/mol. The lowest BCUT2D eigenvalue weighted by Gasteiger charge is -2.43. The van der Waals surface area contributed by atoms with E-state index in [1.807, 2.05) is 0 Å². The van der Waals surface area contributed by atoms with Crippen molar-refractivity contribution < 1.29 is 29.6 Å². The van der Waals surface area contributed by atoms with Crippen LogP contribution < -0.4 is 5.32 Å². The molecule has 0 spiro atoms. The van der Waals surface area contributed by atoms with Gasteiger partial charge in [-0.3, -0.25) is 0 Å². The molecule has 26 heavy (non-hydrogen) atoms. The lowest BCUT2D eigenvalue weighted by Crippen LogP contribution is -2.67. The highest BCUT2D eigenvalue weighted by molar-refractivity contribution is 7.92. The number of benzene rings is 1. The summed E-state index contributed by atoms with van der Waals surface area (Å²) in [5, 5.41) is 3.03. The van der Waals surface area contributed by atoms with Crippen LogP contribution in [-0.4, -0.2) is 76.7 Å². The van der Waals surface area contributed by atoms with Crippen molar-refractivity contribution in [3.63, 3.8) is 0 Å². The predicted molar refractivity (Wildman–Crippen MR) is 91.0 cm³/mol. The van der Waals surface area contributed by atoms with Crippen molar-refractivity contribution in [1.29, 1.82) is 0 Å². The summed E-state index contributed by atoms with van der Waals surface area (Å²) in [6, 6.07) is 1.11. The fraction of sp³-hybridized carbons (Fsp3) is 0.571. The highest BCUT2D eigenvalue weighted by Crippen LogP contribution is 2.35. The summed E-state index contributed by atoms with van der Waals surface area (Å²) in [6.45, 7) is 0. The van der Waals surface area contributed by atoms with Crippen molar-refractivity contribution in [3.8, 4) is 0 Å². The molecule has 12 heteroatoms. The van der Waals surface area contributed by atoms with Crippen LogP contribution in [0.2, 0.25) is 0 Å². The number of sulfonamides is 1. The minimum absolute atomic E-state index is 0.188. The zero-order chi connectivity index (χ0) is 18.9. The van der Waals surface area contributed by atoms with Crippen molar-refractivity contribution in [3.05, 3.63) is 30.1 Å². The van der Waals surface area contributed by atoms with E-state index in [4.69, 9.17) is 0 Å². The molecule has 3 heterocycles. The Bertz CT molecular complexity index is 1000. The first-order valence-corrected chi connectivity index (χ1v) is 13.0. The van der Waals surface area contributed by atoms with Crippen LogP contribution in [-0.2, 0) is 29.7 Å². The molecule has 1 aromatic carbocycles. The first kappa shape index (κ1) is 18.3. The number of nitrogens with zero attached hydrogens (tertiary/aromatic N) is 1. The largest absolute Gasteiger partial charge is 0.306 e. The topological polar surface area (TPSA) is 118 Å². The molecule has 0 amide bonds. The van der Waals surface area contributed by atoms with Crippen molar-refractivity contribution in [2.24, 2.45) is 0 Å². The Kier molecular flexibility index (Phi) is 4.02.